The molecular formula is C20H23FN2O2. The summed E-state index contributed by atoms with van der Waals surface area (Å²) in [5.41, 5.74) is 1.29. The standard InChI is InChI=1S/C20H23FN2O2/c1-2-25-19-10-6-5-9-18(19)22-20(24)14-23(16-11-12-16)13-15-7-3-4-8-17(15)21/h3-10,16H,2,11-14H2,1H3,(H,22,24). The normalized spacial score (nSPS) is 13.7. The third kappa shape index (κ3) is 4.79. The van der Waals surface area contributed by atoms with Gasteiger partial charge in [-0.3, -0.25) is 9.69 Å². The van der Waals surface area contributed by atoms with Crippen LogP contribution in [0.2, 0.25) is 0 Å². The van der Waals surface area contributed by atoms with E-state index >= 15 is 0 Å². The number of hydrogen-bond acceptors (Lipinski definition) is 3. The molecule has 0 aliphatic heterocycles. The Morgan fingerprint density at radius 3 is 2.64 bits per heavy atom. The van der Waals surface area contributed by atoms with Gasteiger partial charge in [-0.2, -0.15) is 0 Å². The molecule has 2 aromatic carbocycles. The number of carbonyl (C=O) groups excluding carboxylic acids is 1. The first kappa shape index (κ1) is 17.4. The van der Waals surface area contributed by atoms with E-state index in [-0.39, 0.29) is 18.3 Å². The van der Waals surface area contributed by atoms with Crippen molar-refractivity contribution in [2.24, 2.45) is 0 Å². The van der Waals surface area contributed by atoms with Crippen molar-refractivity contribution in [1.82, 2.24) is 4.90 Å². The van der Waals surface area contributed by atoms with Crippen molar-refractivity contribution in [2.45, 2.75) is 32.4 Å². The van der Waals surface area contributed by atoms with Crippen LogP contribution >= 0.6 is 0 Å². The number of para-hydroxylation sites is 2. The number of hydrogen-bond donors (Lipinski definition) is 1. The van der Waals surface area contributed by atoms with Crippen LogP contribution in [0, 0.1) is 5.82 Å². The molecule has 1 saturated carbocycles. The smallest absolute Gasteiger partial charge is 0.238 e. The van der Waals surface area contributed by atoms with Crippen LogP contribution in [0.5, 0.6) is 5.75 Å². The molecule has 5 heteroatoms. The molecule has 0 radical (unpaired) electrons. The third-order valence-corrected chi connectivity index (χ3v) is 4.20. The van der Waals surface area contributed by atoms with E-state index in [9.17, 15) is 9.18 Å². The summed E-state index contributed by atoms with van der Waals surface area (Å²) < 4.78 is 19.4. The number of nitrogens with one attached hydrogen (secondary N) is 1. The largest absolute Gasteiger partial charge is 0.492 e. The fraction of sp³-hybridized carbons (Fsp3) is 0.350. The molecule has 0 unspecified atom stereocenters. The minimum Gasteiger partial charge on any atom is -0.492 e. The molecule has 1 fully saturated rings. The summed E-state index contributed by atoms with van der Waals surface area (Å²) in [4.78, 5) is 14.5. The molecule has 3 rings (SSSR count). The summed E-state index contributed by atoms with van der Waals surface area (Å²) in [5.74, 6) is 0.316. The second-order valence-electron chi connectivity index (χ2n) is 6.20. The van der Waals surface area contributed by atoms with E-state index in [4.69, 9.17) is 4.74 Å². The first-order chi connectivity index (χ1) is 12.2. The number of carbonyl (C=O) groups is 1. The topological polar surface area (TPSA) is 41.6 Å². The van der Waals surface area contributed by atoms with E-state index in [1.54, 1.807) is 12.1 Å². The number of halogens is 1. The molecule has 0 saturated heterocycles. The van der Waals surface area contributed by atoms with E-state index in [1.807, 2.05) is 42.2 Å². The second-order valence-corrected chi connectivity index (χ2v) is 6.20. The molecule has 1 amide bonds. The highest BCUT2D eigenvalue weighted by Crippen LogP contribution is 2.29. The maximum atomic E-state index is 13.9. The summed E-state index contributed by atoms with van der Waals surface area (Å²) in [6.07, 6.45) is 2.11. The van der Waals surface area contributed by atoms with Gasteiger partial charge in [0.1, 0.15) is 11.6 Å². The van der Waals surface area contributed by atoms with Gasteiger partial charge in [0.25, 0.3) is 0 Å². The zero-order chi connectivity index (χ0) is 17.6. The highest BCUT2D eigenvalue weighted by molar-refractivity contribution is 5.93. The number of amides is 1. The molecule has 0 atom stereocenters. The maximum Gasteiger partial charge on any atom is 0.238 e. The number of anilines is 1. The van der Waals surface area contributed by atoms with Crippen LogP contribution in [0.15, 0.2) is 48.5 Å². The van der Waals surface area contributed by atoms with E-state index in [1.165, 1.54) is 6.07 Å². The quantitative estimate of drug-likeness (QED) is 0.793. The summed E-state index contributed by atoms with van der Waals surface area (Å²) in [7, 11) is 0. The third-order valence-electron chi connectivity index (χ3n) is 4.20. The minimum atomic E-state index is -0.227. The lowest BCUT2D eigenvalue weighted by Crippen LogP contribution is -2.34. The molecule has 1 aliphatic rings. The lowest BCUT2D eigenvalue weighted by Gasteiger charge is -2.22. The van der Waals surface area contributed by atoms with Crippen LogP contribution in [0.3, 0.4) is 0 Å². The van der Waals surface area contributed by atoms with Crippen LogP contribution in [0.1, 0.15) is 25.3 Å². The average molecular weight is 342 g/mol. The number of nitrogens with zero attached hydrogens (tertiary/aromatic N) is 1. The van der Waals surface area contributed by atoms with Gasteiger partial charge in [-0.05, 0) is 38.0 Å². The van der Waals surface area contributed by atoms with E-state index in [0.29, 0.717) is 36.2 Å². The Morgan fingerprint density at radius 1 is 1.20 bits per heavy atom. The van der Waals surface area contributed by atoms with E-state index < -0.39 is 0 Å². The number of benzene rings is 2. The maximum absolute atomic E-state index is 13.9. The zero-order valence-corrected chi connectivity index (χ0v) is 14.4. The Labute approximate surface area is 147 Å². The van der Waals surface area contributed by atoms with Crippen LogP contribution in [-0.4, -0.2) is 30.0 Å². The van der Waals surface area contributed by atoms with Crippen molar-refractivity contribution >= 4 is 11.6 Å². The first-order valence-electron chi connectivity index (χ1n) is 8.66. The van der Waals surface area contributed by atoms with E-state index in [0.717, 1.165) is 12.8 Å². The fourth-order valence-electron chi connectivity index (χ4n) is 2.82. The van der Waals surface area contributed by atoms with Gasteiger partial charge < -0.3 is 10.1 Å². The van der Waals surface area contributed by atoms with Crippen molar-refractivity contribution < 1.29 is 13.9 Å². The van der Waals surface area contributed by atoms with Crippen molar-refractivity contribution in [1.29, 1.82) is 0 Å². The predicted octanol–water partition coefficient (Wildman–Crippen LogP) is 3.83. The molecule has 0 bridgehead atoms. The van der Waals surface area contributed by atoms with Crippen LogP contribution in [0.4, 0.5) is 10.1 Å². The summed E-state index contributed by atoms with van der Waals surface area (Å²) in [6.45, 7) is 3.12. The molecule has 132 valence electrons. The summed E-state index contributed by atoms with van der Waals surface area (Å²) >= 11 is 0. The molecule has 0 spiro atoms. The Kier molecular flexibility index (Phi) is 5.66. The van der Waals surface area contributed by atoms with Gasteiger partial charge in [0.15, 0.2) is 0 Å². The molecule has 1 aliphatic carbocycles. The summed E-state index contributed by atoms with van der Waals surface area (Å²) in [5, 5.41) is 2.91. The van der Waals surface area contributed by atoms with Gasteiger partial charge in [0.2, 0.25) is 5.91 Å². The highest BCUT2D eigenvalue weighted by Gasteiger charge is 2.30. The van der Waals surface area contributed by atoms with Crippen LogP contribution < -0.4 is 10.1 Å². The second kappa shape index (κ2) is 8.12. The lowest BCUT2D eigenvalue weighted by molar-refractivity contribution is -0.117. The fourth-order valence-corrected chi connectivity index (χ4v) is 2.82. The van der Waals surface area contributed by atoms with Gasteiger partial charge in [-0.1, -0.05) is 30.3 Å². The number of ether oxygens (including phenoxy) is 1. The zero-order valence-electron chi connectivity index (χ0n) is 14.4. The Bertz CT molecular complexity index is 731. The molecule has 2 aromatic rings. The molecule has 25 heavy (non-hydrogen) atoms. The number of rotatable bonds is 8. The molecule has 1 N–H and O–H groups in total. The van der Waals surface area contributed by atoms with Gasteiger partial charge >= 0.3 is 0 Å². The Balaban J connectivity index is 1.65. The summed E-state index contributed by atoms with van der Waals surface area (Å²) in [6, 6.07) is 14.5. The first-order valence-corrected chi connectivity index (χ1v) is 8.66. The highest BCUT2D eigenvalue weighted by atomic mass is 19.1. The lowest BCUT2D eigenvalue weighted by atomic mass is 10.2. The van der Waals surface area contributed by atoms with Crippen LogP contribution in [-0.2, 0) is 11.3 Å². The van der Waals surface area contributed by atoms with Gasteiger partial charge in [0, 0.05) is 18.2 Å². The van der Waals surface area contributed by atoms with Gasteiger partial charge in [0.05, 0.1) is 18.8 Å². The molecule has 4 nitrogen and oxygen atoms in total. The minimum absolute atomic E-state index is 0.115. The van der Waals surface area contributed by atoms with Gasteiger partial charge in [-0.25, -0.2) is 4.39 Å². The van der Waals surface area contributed by atoms with E-state index in [2.05, 4.69) is 5.32 Å². The average Bonchev–Trinajstić information content (AvgIpc) is 3.43. The Hall–Kier alpha value is -2.40. The van der Waals surface area contributed by atoms with Crippen molar-refractivity contribution in [3.63, 3.8) is 0 Å². The predicted molar refractivity (Wildman–Crippen MR) is 96.1 cm³/mol. The SMILES string of the molecule is CCOc1ccccc1NC(=O)CN(Cc1ccccc1F)C1CC1. The molecule has 0 heterocycles. The molecular weight excluding hydrogens is 319 g/mol. The Morgan fingerprint density at radius 2 is 1.92 bits per heavy atom. The van der Waals surface area contributed by atoms with Crippen LogP contribution in [0.25, 0.3) is 0 Å². The van der Waals surface area contributed by atoms with Crippen molar-refractivity contribution in [3.8, 4) is 5.75 Å². The monoisotopic (exact) mass is 342 g/mol. The van der Waals surface area contributed by atoms with Crippen molar-refractivity contribution in [2.75, 3.05) is 18.5 Å². The van der Waals surface area contributed by atoms with Crippen molar-refractivity contribution in [3.05, 3.63) is 59.9 Å². The molecule has 0 aromatic heterocycles. The van der Waals surface area contributed by atoms with Gasteiger partial charge in [-0.15, -0.1) is 0 Å².